The highest BCUT2D eigenvalue weighted by Gasteiger charge is 2.30. The average Bonchev–Trinajstić information content (AvgIpc) is 2.78. The molecule has 0 aromatic heterocycles. The molecule has 0 spiro atoms. The molecule has 3 unspecified atom stereocenters. The van der Waals surface area contributed by atoms with Crippen LogP contribution in [0.5, 0.6) is 0 Å². The summed E-state index contributed by atoms with van der Waals surface area (Å²) in [6.07, 6.45) is 0.695. The van der Waals surface area contributed by atoms with E-state index in [1.807, 2.05) is 6.92 Å². The number of halogens is 1. The van der Waals surface area contributed by atoms with Crippen LogP contribution >= 0.6 is 0 Å². The normalized spacial score (nSPS) is 24.7. The van der Waals surface area contributed by atoms with Crippen LogP contribution in [0.2, 0.25) is 0 Å². The lowest BCUT2D eigenvalue weighted by molar-refractivity contribution is 0.127. The molecule has 0 radical (unpaired) electrons. The van der Waals surface area contributed by atoms with E-state index in [2.05, 4.69) is 0 Å². The molecule has 0 saturated carbocycles. The minimum absolute atomic E-state index is 0.000204. The van der Waals surface area contributed by atoms with E-state index < -0.39 is 16.6 Å². The summed E-state index contributed by atoms with van der Waals surface area (Å²) in [5, 5.41) is 8.70. The summed E-state index contributed by atoms with van der Waals surface area (Å²) in [6.45, 7) is 2.50. The van der Waals surface area contributed by atoms with E-state index in [9.17, 15) is 8.60 Å². The molecule has 2 rings (SSSR count). The first-order valence-corrected chi connectivity index (χ1v) is 7.18. The predicted molar refractivity (Wildman–Crippen MR) is 66.8 cm³/mol. The zero-order valence-corrected chi connectivity index (χ0v) is 10.9. The summed E-state index contributed by atoms with van der Waals surface area (Å²) >= 11 is 0. The number of nitriles is 1. The van der Waals surface area contributed by atoms with Gasteiger partial charge < -0.3 is 4.74 Å². The summed E-state index contributed by atoms with van der Waals surface area (Å²) in [5.41, 5.74) is 0.340. The molecule has 0 bridgehead atoms. The maximum atomic E-state index is 13.8. The summed E-state index contributed by atoms with van der Waals surface area (Å²) in [4.78, 5) is 0. The van der Waals surface area contributed by atoms with E-state index in [-0.39, 0.29) is 22.7 Å². The van der Waals surface area contributed by atoms with E-state index in [0.717, 1.165) is 6.42 Å². The fourth-order valence-corrected chi connectivity index (χ4v) is 3.70. The smallest absolute Gasteiger partial charge is 0.145 e. The number of hydrogen-bond donors (Lipinski definition) is 0. The highest BCUT2D eigenvalue weighted by atomic mass is 32.2. The van der Waals surface area contributed by atoms with Crippen LogP contribution in [0.15, 0.2) is 18.2 Å². The fraction of sp³-hybridized carbons (Fsp3) is 0.462. The molecule has 0 aliphatic carbocycles. The van der Waals surface area contributed by atoms with E-state index in [0.29, 0.717) is 12.2 Å². The van der Waals surface area contributed by atoms with Gasteiger partial charge in [-0.2, -0.15) is 5.26 Å². The topological polar surface area (TPSA) is 50.1 Å². The molecule has 3 nitrogen and oxygen atoms in total. The van der Waals surface area contributed by atoms with Crippen molar-refractivity contribution in [1.29, 1.82) is 5.26 Å². The van der Waals surface area contributed by atoms with Crippen LogP contribution in [0.3, 0.4) is 0 Å². The molecule has 5 heteroatoms. The maximum absolute atomic E-state index is 13.8. The van der Waals surface area contributed by atoms with Gasteiger partial charge in [0.15, 0.2) is 0 Å². The van der Waals surface area contributed by atoms with Crippen molar-refractivity contribution in [2.24, 2.45) is 0 Å². The summed E-state index contributed by atoms with van der Waals surface area (Å²) < 4.78 is 31.3. The Bertz CT molecular complexity index is 512. The Kier molecular flexibility index (Phi) is 4.10. The Hall–Kier alpha value is -1.25. The van der Waals surface area contributed by atoms with Crippen molar-refractivity contribution in [1.82, 2.24) is 0 Å². The zero-order valence-electron chi connectivity index (χ0n) is 10.1. The second kappa shape index (κ2) is 5.59. The lowest BCUT2D eigenvalue weighted by Gasteiger charge is -2.14. The first-order valence-electron chi connectivity index (χ1n) is 5.79. The SMILES string of the molecule is CC1OCCC1S(=O)Cc1cccc(C#N)c1F. The van der Waals surface area contributed by atoms with Gasteiger partial charge in [-0.3, -0.25) is 4.21 Å². The first kappa shape index (κ1) is 13.2. The molecule has 1 aliphatic rings. The number of ether oxygens (including phenoxy) is 1. The Labute approximate surface area is 108 Å². The Morgan fingerprint density at radius 2 is 2.39 bits per heavy atom. The molecule has 1 aromatic rings. The lowest BCUT2D eigenvalue weighted by Crippen LogP contribution is -2.24. The maximum Gasteiger partial charge on any atom is 0.145 e. The molecular weight excluding hydrogens is 253 g/mol. The number of benzene rings is 1. The van der Waals surface area contributed by atoms with Gasteiger partial charge in [0.25, 0.3) is 0 Å². The standard InChI is InChI=1S/C13H14FNO2S/c1-9-12(5-6-17-9)18(16)8-11-4-2-3-10(7-15)13(11)14/h2-4,9,12H,5-6,8H2,1H3. The van der Waals surface area contributed by atoms with Crippen LogP contribution < -0.4 is 0 Å². The Morgan fingerprint density at radius 1 is 1.61 bits per heavy atom. The van der Waals surface area contributed by atoms with Gasteiger partial charge in [-0.05, 0) is 19.4 Å². The van der Waals surface area contributed by atoms with Gasteiger partial charge in [0.2, 0.25) is 0 Å². The quantitative estimate of drug-likeness (QED) is 0.843. The number of rotatable bonds is 3. The zero-order chi connectivity index (χ0) is 13.1. The van der Waals surface area contributed by atoms with Crippen LogP contribution in [0.1, 0.15) is 24.5 Å². The third-order valence-electron chi connectivity index (χ3n) is 3.14. The molecule has 1 saturated heterocycles. The summed E-state index contributed by atoms with van der Waals surface area (Å²) in [7, 11) is -1.17. The molecule has 18 heavy (non-hydrogen) atoms. The molecule has 0 amide bonds. The van der Waals surface area contributed by atoms with Crippen molar-refractivity contribution in [3.63, 3.8) is 0 Å². The average molecular weight is 267 g/mol. The van der Waals surface area contributed by atoms with Crippen LogP contribution in [-0.4, -0.2) is 22.2 Å². The molecular formula is C13H14FNO2S. The van der Waals surface area contributed by atoms with Gasteiger partial charge in [-0.1, -0.05) is 12.1 Å². The van der Waals surface area contributed by atoms with Gasteiger partial charge in [-0.15, -0.1) is 0 Å². The minimum atomic E-state index is -1.17. The minimum Gasteiger partial charge on any atom is -0.377 e. The predicted octanol–water partition coefficient (Wildman–Crippen LogP) is 2.12. The molecule has 96 valence electrons. The third-order valence-corrected chi connectivity index (χ3v) is 5.03. The second-order valence-corrected chi connectivity index (χ2v) is 5.97. The van der Waals surface area contributed by atoms with Gasteiger partial charge in [0, 0.05) is 23.0 Å². The van der Waals surface area contributed by atoms with Crippen LogP contribution in [-0.2, 0) is 21.3 Å². The largest absolute Gasteiger partial charge is 0.377 e. The van der Waals surface area contributed by atoms with Gasteiger partial charge in [-0.25, -0.2) is 4.39 Å². The van der Waals surface area contributed by atoms with Gasteiger partial charge in [0.1, 0.15) is 11.9 Å². The van der Waals surface area contributed by atoms with E-state index in [4.69, 9.17) is 10.00 Å². The third kappa shape index (κ3) is 2.60. The fourth-order valence-electron chi connectivity index (χ4n) is 2.10. The molecule has 3 atom stereocenters. The van der Waals surface area contributed by atoms with Crippen LogP contribution in [0, 0.1) is 17.1 Å². The van der Waals surface area contributed by atoms with Crippen molar-refractivity contribution < 1.29 is 13.3 Å². The molecule has 1 aromatic carbocycles. The van der Waals surface area contributed by atoms with E-state index in [1.165, 1.54) is 6.07 Å². The van der Waals surface area contributed by atoms with E-state index >= 15 is 0 Å². The highest BCUT2D eigenvalue weighted by Crippen LogP contribution is 2.22. The molecule has 1 heterocycles. The van der Waals surface area contributed by atoms with Crippen molar-refractivity contribution in [2.75, 3.05) is 6.61 Å². The monoisotopic (exact) mass is 267 g/mol. The molecule has 1 fully saturated rings. The summed E-state index contributed by atoms with van der Waals surface area (Å²) in [6, 6.07) is 6.40. The lowest BCUT2D eigenvalue weighted by atomic mass is 10.1. The highest BCUT2D eigenvalue weighted by molar-refractivity contribution is 7.84. The Morgan fingerprint density at radius 3 is 3.00 bits per heavy atom. The van der Waals surface area contributed by atoms with E-state index in [1.54, 1.807) is 18.2 Å². The van der Waals surface area contributed by atoms with Crippen LogP contribution in [0.4, 0.5) is 4.39 Å². The van der Waals surface area contributed by atoms with Crippen molar-refractivity contribution >= 4 is 10.8 Å². The Balaban J connectivity index is 2.15. The van der Waals surface area contributed by atoms with Gasteiger partial charge in [0.05, 0.1) is 22.7 Å². The van der Waals surface area contributed by atoms with Crippen LogP contribution in [0.25, 0.3) is 0 Å². The number of hydrogen-bond acceptors (Lipinski definition) is 3. The van der Waals surface area contributed by atoms with Gasteiger partial charge >= 0.3 is 0 Å². The van der Waals surface area contributed by atoms with Crippen molar-refractivity contribution in [2.45, 2.75) is 30.5 Å². The van der Waals surface area contributed by atoms with Crippen molar-refractivity contribution in [3.05, 3.63) is 35.1 Å². The second-order valence-electron chi connectivity index (χ2n) is 4.32. The molecule has 0 N–H and O–H groups in total. The first-order chi connectivity index (χ1) is 8.63. The molecule has 1 aliphatic heterocycles. The van der Waals surface area contributed by atoms with Crippen molar-refractivity contribution in [3.8, 4) is 6.07 Å². The number of nitrogens with zero attached hydrogens (tertiary/aromatic N) is 1. The summed E-state index contributed by atoms with van der Waals surface area (Å²) in [5.74, 6) is -0.417.